The van der Waals surface area contributed by atoms with Crippen LogP contribution in [0.15, 0.2) is 0 Å². The average molecular weight is 812 g/mol. The lowest BCUT2D eigenvalue weighted by Gasteiger charge is -2.27. The van der Waals surface area contributed by atoms with Crippen LogP contribution in [0.3, 0.4) is 0 Å². The lowest BCUT2D eigenvalue weighted by molar-refractivity contribution is -0.150. The van der Waals surface area contributed by atoms with Crippen molar-refractivity contribution in [3.63, 3.8) is 0 Å². The molecule has 0 heterocycles. The van der Waals surface area contributed by atoms with Gasteiger partial charge in [0.2, 0.25) is 0 Å². The minimum atomic E-state index is -0.535. The van der Waals surface area contributed by atoms with Crippen LogP contribution in [-0.4, -0.2) is 82.8 Å². The highest BCUT2D eigenvalue weighted by molar-refractivity contribution is 5.69. The minimum Gasteiger partial charge on any atom is -0.462 e. The van der Waals surface area contributed by atoms with Gasteiger partial charge in [-0.15, -0.1) is 0 Å². The van der Waals surface area contributed by atoms with Crippen LogP contribution in [0.4, 0.5) is 0 Å². The maximum atomic E-state index is 12.6. The third-order valence-corrected chi connectivity index (χ3v) is 11.7. The zero-order valence-corrected chi connectivity index (χ0v) is 38.3. The summed E-state index contributed by atoms with van der Waals surface area (Å²) in [4.78, 5) is 27.2. The Hall–Kier alpha value is -1.22. The molecule has 8 nitrogen and oxygen atoms in total. The predicted molar refractivity (Wildman–Crippen MR) is 240 cm³/mol. The van der Waals surface area contributed by atoms with E-state index >= 15 is 0 Å². The average Bonchev–Trinajstić information content (AvgIpc) is 3.20. The van der Waals surface area contributed by atoms with Gasteiger partial charge in [0.1, 0.15) is 12.2 Å². The van der Waals surface area contributed by atoms with Crippen molar-refractivity contribution in [2.45, 2.75) is 277 Å². The van der Waals surface area contributed by atoms with Gasteiger partial charge in [-0.2, -0.15) is 0 Å². The number of carbonyl (C=O) groups is 2. The lowest BCUT2D eigenvalue weighted by atomic mass is 10.0. The van der Waals surface area contributed by atoms with Gasteiger partial charge in [-0.3, -0.25) is 14.5 Å². The van der Waals surface area contributed by atoms with E-state index in [0.29, 0.717) is 51.6 Å². The summed E-state index contributed by atoms with van der Waals surface area (Å²) in [6.45, 7) is 10.6. The van der Waals surface area contributed by atoms with Gasteiger partial charge >= 0.3 is 11.9 Å². The van der Waals surface area contributed by atoms with E-state index in [1.165, 1.54) is 116 Å². The molecule has 0 aliphatic rings. The summed E-state index contributed by atoms with van der Waals surface area (Å²) in [5.41, 5.74) is 0. The zero-order chi connectivity index (χ0) is 42.0. The monoisotopic (exact) mass is 812 g/mol. The van der Waals surface area contributed by atoms with E-state index < -0.39 is 12.2 Å². The molecule has 0 fully saturated rings. The van der Waals surface area contributed by atoms with Gasteiger partial charge in [-0.25, -0.2) is 0 Å². The van der Waals surface area contributed by atoms with Gasteiger partial charge in [-0.05, 0) is 90.0 Å². The molecule has 0 rings (SSSR count). The van der Waals surface area contributed by atoms with Crippen molar-refractivity contribution >= 4 is 11.9 Å². The molecule has 0 saturated heterocycles. The van der Waals surface area contributed by atoms with Crippen molar-refractivity contribution in [1.82, 2.24) is 4.90 Å². The van der Waals surface area contributed by atoms with Crippen LogP contribution in [0.25, 0.3) is 0 Å². The first-order valence-electron chi connectivity index (χ1n) is 24.9. The fourth-order valence-electron chi connectivity index (χ4n) is 7.86. The molecule has 8 heteroatoms. The second kappa shape index (κ2) is 42.9. The van der Waals surface area contributed by atoms with Crippen LogP contribution in [0.5, 0.6) is 0 Å². The first kappa shape index (κ1) is 55.8. The zero-order valence-electron chi connectivity index (χ0n) is 38.3. The van der Waals surface area contributed by atoms with Gasteiger partial charge in [0.05, 0.1) is 12.2 Å². The van der Waals surface area contributed by atoms with E-state index in [0.717, 1.165) is 77.2 Å². The highest BCUT2D eigenvalue weighted by Gasteiger charge is 2.18. The Morgan fingerprint density at radius 3 is 1.12 bits per heavy atom. The first-order chi connectivity index (χ1) is 27.8. The maximum Gasteiger partial charge on any atom is 0.306 e. The summed E-state index contributed by atoms with van der Waals surface area (Å²) in [6.07, 6.45) is 36.0. The van der Waals surface area contributed by atoms with Crippen molar-refractivity contribution in [2.24, 2.45) is 0 Å². The van der Waals surface area contributed by atoms with Crippen molar-refractivity contribution < 1.29 is 34.4 Å². The van der Waals surface area contributed by atoms with E-state index in [2.05, 4.69) is 32.6 Å². The Bertz CT molecular complexity index is 796. The van der Waals surface area contributed by atoms with E-state index in [1.807, 2.05) is 0 Å². The number of nitrogens with zero attached hydrogens (tertiary/aromatic N) is 1. The number of carbonyl (C=O) groups excluding carboxylic acids is 2. The fraction of sp³-hybridized carbons (Fsp3) is 0.959. The van der Waals surface area contributed by atoms with Gasteiger partial charge in [0.15, 0.2) is 0 Å². The number of aliphatic hydroxyl groups is 3. The van der Waals surface area contributed by atoms with Gasteiger partial charge < -0.3 is 24.8 Å². The van der Waals surface area contributed by atoms with E-state index in [1.54, 1.807) is 0 Å². The number of hydrogen-bond acceptors (Lipinski definition) is 8. The highest BCUT2D eigenvalue weighted by Crippen LogP contribution is 2.18. The number of esters is 2. The standard InChI is InChI=1S/C49H97NO7/c1-5-9-11-13-15-17-19-21-23-26-36-46(7-3)56-48(54)38-30-28-34-44(52)42-50(40-32-25-33-41-51)43-45(53)35-29-31-39-49(55)57-47(8-4)37-27-24-22-20-18-16-14-12-10-6-2/h44-47,51-53H,5-43H2,1-4H3. The maximum absolute atomic E-state index is 12.6. The van der Waals surface area contributed by atoms with Crippen molar-refractivity contribution in [3.05, 3.63) is 0 Å². The van der Waals surface area contributed by atoms with Crippen molar-refractivity contribution in [1.29, 1.82) is 0 Å². The Morgan fingerprint density at radius 2 is 0.772 bits per heavy atom. The van der Waals surface area contributed by atoms with E-state index in [9.17, 15) is 24.9 Å². The summed E-state index contributed by atoms with van der Waals surface area (Å²) in [7, 11) is 0. The smallest absolute Gasteiger partial charge is 0.306 e. The Kier molecular flexibility index (Phi) is 42.0. The molecule has 57 heavy (non-hydrogen) atoms. The molecule has 0 aromatic heterocycles. The molecule has 0 radical (unpaired) electrons. The summed E-state index contributed by atoms with van der Waals surface area (Å²) in [5, 5.41) is 31.0. The molecule has 4 atom stereocenters. The molecular weight excluding hydrogens is 715 g/mol. The molecule has 4 unspecified atom stereocenters. The molecule has 340 valence electrons. The highest BCUT2D eigenvalue weighted by atomic mass is 16.5. The number of unbranched alkanes of at least 4 members (excludes halogenated alkanes) is 22. The Labute approximate surface area is 353 Å². The molecule has 0 aromatic carbocycles. The molecule has 0 spiro atoms. The SMILES string of the molecule is CCCCCCCCCCCCC(CC)OC(=O)CCCCC(O)CN(CCCCCO)CC(O)CCCCC(=O)OC(CC)CCCCCCCCCCCC. The van der Waals surface area contributed by atoms with Crippen LogP contribution in [0.1, 0.15) is 252 Å². The molecule has 0 aromatic rings. The molecule has 3 N–H and O–H groups in total. The van der Waals surface area contributed by atoms with Crippen LogP contribution < -0.4 is 0 Å². The van der Waals surface area contributed by atoms with Crippen LogP contribution >= 0.6 is 0 Å². The van der Waals surface area contributed by atoms with E-state index in [-0.39, 0.29) is 30.8 Å². The molecule has 0 bridgehead atoms. The Morgan fingerprint density at radius 1 is 0.439 bits per heavy atom. The third kappa shape index (κ3) is 38.7. The molecular formula is C49H97NO7. The second-order valence-electron chi connectivity index (χ2n) is 17.3. The van der Waals surface area contributed by atoms with E-state index in [4.69, 9.17) is 9.47 Å². The van der Waals surface area contributed by atoms with Gasteiger partial charge in [-0.1, -0.05) is 156 Å². The van der Waals surface area contributed by atoms with Gasteiger partial charge in [0, 0.05) is 32.5 Å². The number of ether oxygens (including phenoxy) is 2. The molecule has 0 amide bonds. The number of rotatable bonds is 45. The van der Waals surface area contributed by atoms with Crippen LogP contribution in [0, 0.1) is 0 Å². The Balaban J connectivity index is 4.29. The summed E-state index contributed by atoms with van der Waals surface area (Å²) < 4.78 is 11.6. The molecule has 0 aliphatic heterocycles. The molecule has 0 saturated carbocycles. The lowest BCUT2D eigenvalue weighted by Crippen LogP contribution is -2.38. The fourth-order valence-corrected chi connectivity index (χ4v) is 7.86. The van der Waals surface area contributed by atoms with Crippen molar-refractivity contribution in [3.8, 4) is 0 Å². The summed E-state index contributed by atoms with van der Waals surface area (Å²) >= 11 is 0. The van der Waals surface area contributed by atoms with Crippen molar-refractivity contribution in [2.75, 3.05) is 26.2 Å². The first-order valence-corrected chi connectivity index (χ1v) is 24.9. The number of hydrogen-bond donors (Lipinski definition) is 3. The molecule has 0 aliphatic carbocycles. The third-order valence-electron chi connectivity index (χ3n) is 11.7. The topological polar surface area (TPSA) is 117 Å². The number of aliphatic hydroxyl groups excluding tert-OH is 3. The summed E-state index contributed by atoms with van der Waals surface area (Å²) in [6, 6.07) is 0. The summed E-state index contributed by atoms with van der Waals surface area (Å²) in [5.74, 6) is -0.250. The second-order valence-corrected chi connectivity index (χ2v) is 17.3. The van der Waals surface area contributed by atoms with Crippen LogP contribution in [-0.2, 0) is 19.1 Å². The van der Waals surface area contributed by atoms with Crippen LogP contribution in [0.2, 0.25) is 0 Å². The predicted octanol–water partition coefficient (Wildman–Crippen LogP) is 12.6. The normalized spacial score (nSPS) is 13.8. The van der Waals surface area contributed by atoms with Gasteiger partial charge in [0.25, 0.3) is 0 Å². The quantitative estimate of drug-likeness (QED) is 0.0411. The minimum absolute atomic E-state index is 0.00857. The largest absolute Gasteiger partial charge is 0.462 e.